The lowest BCUT2D eigenvalue weighted by Crippen LogP contribution is -2.31. The van der Waals surface area contributed by atoms with E-state index in [1.807, 2.05) is 0 Å². The van der Waals surface area contributed by atoms with Crippen molar-refractivity contribution in [3.05, 3.63) is 60.0 Å². The molecule has 1 fully saturated rings. The van der Waals surface area contributed by atoms with E-state index in [0.717, 1.165) is 31.6 Å². The summed E-state index contributed by atoms with van der Waals surface area (Å²) in [7, 11) is 0. The first-order valence-corrected chi connectivity index (χ1v) is 12.7. The fourth-order valence-electron chi connectivity index (χ4n) is 4.29. The molecular weight excluding hydrogens is 493 g/mol. The van der Waals surface area contributed by atoms with Crippen LogP contribution in [0, 0.1) is 5.82 Å². The molecule has 3 heterocycles. The van der Waals surface area contributed by atoms with Crippen molar-refractivity contribution < 1.29 is 28.1 Å². The molecule has 2 aliphatic heterocycles. The molecule has 38 heavy (non-hydrogen) atoms. The minimum Gasteiger partial charge on any atom is -0.490 e. The second kappa shape index (κ2) is 12.4. The zero-order valence-electron chi connectivity index (χ0n) is 21.0. The summed E-state index contributed by atoms with van der Waals surface area (Å²) >= 11 is 0. The van der Waals surface area contributed by atoms with Gasteiger partial charge < -0.3 is 29.2 Å². The molecule has 200 valence electrons. The number of anilines is 3. The van der Waals surface area contributed by atoms with E-state index in [1.54, 1.807) is 30.3 Å². The van der Waals surface area contributed by atoms with E-state index < -0.39 is 11.9 Å². The van der Waals surface area contributed by atoms with E-state index >= 15 is 0 Å². The topological polar surface area (TPSA) is 107 Å². The Hall–Kier alpha value is -4.12. The molecule has 2 N–H and O–H groups in total. The number of aromatic nitrogens is 2. The number of carbonyl (C=O) groups excluding carboxylic acids is 1. The van der Waals surface area contributed by atoms with E-state index in [1.165, 1.54) is 37.6 Å². The maximum atomic E-state index is 14.6. The van der Waals surface area contributed by atoms with Crippen LogP contribution in [0.1, 0.15) is 31.2 Å². The minimum atomic E-state index is -0.680. The largest absolute Gasteiger partial charge is 0.490 e. The van der Waals surface area contributed by atoms with Crippen molar-refractivity contribution in [3.63, 3.8) is 0 Å². The van der Waals surface area contributed by atoms with Gasteiger partial charge in [-0.2, -0.15) is 4.98 Å². The molecule has 11 heteroatoms. The Labute approximate surface area is 220 Å². The van der Waals surface area contributed by atoms with E-state index in [2.05, 4.69) is 25.5 Å². The van der Waals surface area contributed by atoms with Gasteiger partial charge >= 0.3 is 6.09 Å². The maximum Gasteiger partial charge on any atom is 0.413 e. The van der Waals surface area contributed by atoms with Gasteiger partial charge in [0.15, 0.2) is 23.1 Å². The number of rotatable bonds is 10. The van der Waals surface area contributed by atoms with Crippen LogP contribution in [0.2, 0.25) is 0 Å². The summed E-state index contributed by atoms with van der Waals surface area (Å²) in [5.74, 6) is 1.41. The average molecular weight is 524 g/mol. The highest BCUT2D eigenvalue weighted by molar-refractivity contribution is 5.83. The summed E-state index contributed by atoms with van der Waals surface area (Å²) in [4.78, 5) is 23.0. The van der Waals surface area contributed by atoms with Crippen molar-refractivity contribution in [3.8, 4) is 17.2 Å². The molecule has 0 radical (unpaired) electrons. The number of hydrogen-bond acceptors (Lipinski definition) is 9. The monoisotopic (exact) mass is 523 g/mol. The van der Waals surface area contributed by atoms with Crippen LogP contribution in [0.5, 0.6) is 17.2 Å². The summed E-state index contributed by atoms with van der Waals surface area (Å²) < 4.78 is 36.1. The van der Waals surface area contributed by atoms with Crippen LogP contribution in [0.15, 0.2) is 48.7 Å². The summed E-state index contributed by atoms with van der Waals surface area (Å²) in [5, 5.41) is 5.49. The third kappa shape index (κ3) is 7.00. The lowest BCUT2D eigenvalue weighted by molar-refractivity contribution is 0.154. The van der Waals surface area contributed by atoms with Gasteiger partial charge in [0.25, 0.3) is 0 Å². The van der Waals surface area contributed by atoms with Crippen molar-refractivity contribution >= 4 is 23.5 Å². The van der Waals surface area contributed by atoms with E-state index in [-0.39, 0.29) is 30.9 Å². The van der Waals surface area contributed by atoms with Crippen molar-refractivity contribution in [1.29, 1.82) is 0 Å². The number of piperidine rings is 1. The Kier molecular flexibility index (Phi) is 8.34. The Balaban J connectivity index is 1.08. The standard InChI is InChI=1S/C27H30FN5O5/c28-21-16-20(6-8-22(21)35-14-4-13-33-11-2-1-3-12-33)30-26-29-10-9-25(31-26)32-27(34)36-17-19-5-7-23-24(15-19)38-18-37-23/h5-10,15-16H,1-4,11-14,17-18H2,(H2,29,30,31,32,34). The first-order valence-electron chi connectivity index (χ1n) is 12.7. The number of hydrogen-bond donors (Lipinski definition) is 2. The van der Waals surface area contributed by atoms with Crippen LogP contribution in [0.4, 0.5) is 26.6 Å². The Morgan fingerprint density at radius 2 is 1.92 bits per heavy atom. The number of fused-ring (bicyclic) bond motifs is 1. The first-order chi connectivity index (χ1) is 18.6. The quantitative estimate of drug-likeness (QED) is 0.351. The SMILES string of the molecule is O=C(Nc1ccnc(Nc2ccc(OCCCN3CCCCC3)c(F)c2)n1)OCc1ccc2c(c1)OCO2. The molecular formula is C27H30FN5O5. The number of ether oxygens (including phenoxy) is 4. The van der Waals surface area contributed by atoms with E-state index in [0.29, 0.717) is 23.8 Å². The Morgan fingerprint density at radius 3 is 2.79 bits per heavy atom. The van der Waals surface area contributed by atoms with Gasteiger partial charge in [-0.15, -0.1) is 0 Å². The number of benzene rings is 2. The van der Waals surface area contributed by atoms with Crippen LogP contribution in [0.3, 0.4) is 0 Å². The number of amides is 1. The van der Waals surface area contributed by atoms with Crippen LogP contribution in [0.25, 0.3) is 0 Å². The summed E-state index contributed by atoms with van der Waals surface area (Å²) in [6, 6.07) is 11.4. The van der Waals surface area contributed by atoms with Gasteiger partial charge in [0, 0.05) is 24.5 Å². The lowest BCUT2D eigenvalue weighted by Gasteiger charge is -2.26. The molecule has 0 spiro atoms. The van der Waals surface area contributed by atoms with Gasteiger partial charge in [-0.25, -0.2) is 14.2 Å². The second-order valence-electron chi connectivity index (χ2n) is 9.03. The second-order valence-corrected chi connectivity index (χ2v) is 9.03. The van der Waals surface area contributed by atoms with Gasteiger partial charge in [0.2, 0.25) is 12.7 Å². The van der Waals surface area contributed by atoms with Gasteiger partial charge in [-0.3, -0.25) is 5.32 Å². The fourth-order valence-corrected chi connectivity index (χ4v) is 4.29. The number of likely N-dealkylation sites (tertiary alicyclic amines) is 1. The maximum absolute atomic E-state index is 14.6. The predicted octanol–water partition coefficient (Wildman–Crippen LogP) is 5.09. The third-order valence-electron chi connectivity index (χ3n) is 6.21. The third-order valence-corrected chi connectivity index (χ3v) is 6.21. The highest BCUT2D eigenvalue weighted by atomic mass is 19.1. The van der Waals surface area contributed by atoms with Crippen LogP contribution in [-0.4, -0.2) is 54.0 Å². The van der Waals surface area contributed by atoms with Crippen molar-refractivity contribution in [2.45, 2.75) is 32.3 Å². The molecule has 3 aromatic rings. The molecule has 2 aromatic carbocycles. The van der Waals surface area contributed by atoms with Crippen molar-refractivity contribution in [2.24, 2.45) is 0 Å². The molecule has 0 aliphatic carbocycles. The molecule has 0 atom stereocenters. The average Bonchev–Trinajstić information content (AvgIpc) is 3.40. The highest BCUT2D eigenvalue weighted by Crippen LogP contribution is 2.32. The normalized spacial score (nSPS) is 14.7. The van der Waals surface area contributed by atoms with Gasteiger partial charge in [-0.1, -0.05) is 12.5 Å². The fraction of sp³-hybridized carbons (Fsp3) is 0.370. The van der Waals surface area contributed by atoms with Gasteiger partial charge in [0.1, 0.15) is 12.4 Å². The van der Waals surface area contributed by atoms with E-state index in [9.17, 15) is 9.18 Å². The molecule has 1 aromatic heterocycles. The van der Waals surface area contributed by atoms with Crippen LogP contribution < -0.4 is 24.8 Å². The molecule has 2 aliphatic rings. The van der Waals surface area contributed by atoms with Crippen LogP contribution >= 0.6 is 0 Å². The molecule has 0 bridgehead atoms. The van der Waals surface area contributed by atoms with Crippen molar-refractivity contribution in [2.75, 3.05) is 43.7 Å². The van der Waals surface area contributed by atoms with Crippen molar-refractivity contribution in [1.82, 2.24) is 14.9 Å². The molecule has 0 saturated carbocycles. The number of nitrogens with one attached hydrogen (secondary N) is 2. The van der Waals surface area contributed by atoms with Crippen LogP contribution in [-0.2, 0) is 11.3 Å². The molecule has 1 amide bonds. The summed E-state index contributed by atoms with van der Waals surface area (Å²) in [6.07, 6.45) is 5.45. The van der Waals surface area contributed by atoms with Gasteiger partial charge in [-0.05, 0) is 68.2 Å². The predicted molar refractivity (Wildman–Crippen MR) is 138 cm³/mol. The molecule has 5 rings (SSSR count). The summed E-state index contributed by atoms with van der Waals surface area (Å²) in [6.45, 7) is 3.92. The Morgan fingerprint density at radius 1 is 1.05 bits per heavy atom. The smallest absolute Gasteiger partial charge is 0.413 e. The zero-order chi connectivity index (χ0) is 26.2. The number of halogens is 1. The first kappa shape index (κ1) is 25.5. The Bertz CT molecular complexity index is 1250. The lowest BCUT2D eigenvalue weighted by atomic mass is 10.1. The molecule has 1 saturated heterocycles. The number of carbonyl (C=O) groups is 1. The number of nitrogens with zero attached hydrogens (tertiary/aromatic N) is 3. The van der Waals surface area contributed by atoms with Gasteiger partial charge in [0.05, 0.1) is 6.61 Å². The molecule has 10 nitrogen and oxygen atoms in total. The molecule has 0 unspecified atom stereocenters. The highest BCUT2D eigenvalue weighted by Gasteiger charge is 2.15. The minimum absolute atomic E-state index is 0.0462. The van der Waals surface area contributed by atoms with E-state index in [4.69, 9.17) is 18.9 Å². The zero-order valence-corrected chi connectivity index (χ0v) is 21.0. The summed E-state index contributed by atoms with van der Waals surface area (Å²) in [5.41, 5.74) is 1.21.